The van der Waals surface area contributed by atoms with Gasteiger partial charge in [-0.25, -0.2) is 0 Å². The maximum atomic E-state index is 9.37. The van der Waals surface area contributed by atoms with Crippen molar-refractivity contribution in [1.82, 2.24) is 0 Å². The molecule has 0 aromatic rings. The van der Waals surface area contributed by atoms with Crippen LogP contribution in [0.15, 0.2) is 0 Å². The molecule has 0 rings (SSSR count). The third-order valence-electron chi connectivity index (χ3n) is 0.907. The quantitative estimate of drug-likeness (QED) is 0.712. The lowest BCUT2D eigenvalue weighted by Gasteiger charge is -1.71. The Hall–Kier alpha value is -1.30. The summed E-state index contributed by atoms with van der Waals surface area (Å²) in [5.41, 5.74) is 0. The predicted molar refractivity (Wildman–Crippen MR) is 61.0 cm³/mol. The molecule has 6 nitrogen and oxygen atoms in total. The van der Waals surface area contributed by atoms with Crippen molar-refractivity contribution in [2.24, 2.45) is 0 Å². The lowest BCUT2D eigenvalue weighted by molar-refractivity contribution is -0.137. The lowest BCUT2D eigenvalue weighted by atomic mass is 10.5. The van der Waals surface area contributed by atoms with E-state index in [0.717, 1.165) is 0 Å². The van der Waals surface area contributed by atoms with E-state index in [1.54, 1.807) is 20.8 Å². The van der Waals surface area contributed by atoms with Crippen LogP contribution in [0.4, 0.5) is 0 Å². The maximum Gasteiger partial charge on any atom is 0.303 e. The van der Waals surface area contributed by atoms with E-state index < -0.39 is 17.9 Å². The minimum Gasteiger partial charge on any atom is -0.481 e. The van der Waals surface area contributed by atoms with Gasteiger partial charge in [-0.05, 0) is 0 Å². The fourth-order valence-corrected chi connectivity index (χ4v) is 0. The third-order valence-corrected chi connectivity index (χ3v) is 0.907. The van der Waals surface area contributed by atoms with Crippen LogP contribution in [0, 0.1) is 0 Å². The predicted octanol–water partition coefficient (Wildman–Crippen LogP) is 1.86. The van der Waals surface area contributed by atoms with Crippen LogP contribution in [0.25, 0.3) is 0 Å². The zero-order chi connectivity index (χ0) is 12.9. The summed E-state index contributed by atoms with van der Waals surface area (Å²) in [6.07, 6.45) is 0.667. The first kappa shape index (κ1) is 24.1. The molecule has 98 valence electrons. The molecule has 3 N–H and O–H groups in total. The molecule has 0 aliphatic heterocycles. The van der Waals surface area contributed by atoms with Crippen LogP contribution in [-0.2, 0) is 14.4 Å². The smallest absolute Gasteiger partial charge is 0.303 e. The van der Waals surface area contributed by atoms with E-state index in [2.05, 4.69) is 0 Å². The molecule has 0 aliphatic carbocycles. The molecule has 0 saturated heterocycles. The van der Waals surface area contributed by atoms with Crippen molar-refractivity contribution >= 4 is 30.3 Å². The van der Waals surface area contributed by atoms with Crippen LogP contribution < -0.4 is 0 Å². The summed E-state index contributed by atoms with van der Waals surface area (Å²) in [7, 11) is 0. The Balaban J connectivity index is -0.0000000655. The maximum absolute atomic E-state index is 9.37. The summed E-state index contributed by atoms with van der Waals surface area (Å²) < 4.78 is 0. The summed E-state index contributed by atoms with van der Waals surface area (Å²) in [6.45, 7) is 4.80. The monoisotopic (exact) mass is 258 g/mol. The molecule has 0 amide bonds. The number of rotatable bonds is 3. The highest BCUT2D eigenvalue weighted by Crippen LogP contribution is 1.68. The molecular weight excluding hydrogens is 240 g/mol. The Labute approximate surface area is 101 Å². The minimum atomic E-state index is -0.745. The molecule has 0 unspecified atom stereocenters. The van der Waals surface area contributed by atoms with Crippen molar-refractivity contribution in [3.63, 3.8) is 0 Å². The number of hydrogen-bond donors (Lipinski definition) is 3. The van der Waals surface area contributed by atoms with Crippen LogP contribution in [-0.4, -0.2) is 33.2 Å². The summed E-state index contributed by atoms with van der Waals surface area (Å²) in [6, 6.07) is 0. The van der Waals surface area contributed by atoms with Crippen LogP contribution in [0.1, 0.15) is 40.0 Å². The first-order chi connectivity index (χ1) is 6.81. The fraction of sp³-hybridized carbons (Fsp3) is 0.667. The van der Waals surface area contributed by atoms with Gasteiger partial charge in [0, 0.05) is 19.3 Å². The number of carbonyl (C=O) groups is 3. The van der Waals surface area contributed by atoms with Crippen LogP contribution in [0.2, 0.25) is 0 Å². The van der Waals surface area contributed by atoms with E-state index in [4.69, 9.17) is 15.3 Å². The van der Waals surface area contributed by atoms with Gasteiger partial charge in [-0.15, -0.1) is 12.4 Å². The van der Waals surface area contributed by atoms with Crippen LogP contribution in [0.3, 0.4) is 0 Å². The Morgan fingerprint density at radius 1 is 0.688 bits per heavy atom. The molecule has 0 aliphatic rings. The summed E-state index contributed by atoms with van der Waals surface area (Å²) in [5, 5.41) is 23.2. The minimum absolute atomic E-state index is 0. The number of carboxylic acid groups (broad SMARTS) is 3. The Kier molecular flexibility index (Phi) is 29.1. The van der Waals surface area contributed by atoms with Gasteiger partial charge in [0.15, 0.2) is 0 Å². The summed E-state index contributed by atoms with van der Waals surface area (Å²) in [5.74, 6) is -2.24. The van der Waals surface area contributed by atoms with Gasteiger partial charge in [-0.1, -0.05) is 20.8 Å². The van der Waals surface area contributed by atoms with Crippen molar-refractivity contribution in [2.45, 2.75) is 40.0 Å². The largest absolute Gasteiger partial charge is 0.481 e. The van der Waals surface area contributed by atoms with Crippen LogP contribution >= 0.6 is 12.4 Å². The standard InChI is InChI=1S/3C3H6O2.ClH/c3*1-2-3(4)5;/h3*2H2,1H3,(H,4,5);1H. The number of hydrogen-bond acceptors (Lipinski definition) is 3. The van der Waals surface area contributed by atoms with Gasteiger partial charge in [0.25, 0.3) is 0 Å². The fourth-order valence-electron chi connectivity index (χ4n) is 0. The van der Waals surface area contributed by atoms with Gasteiger partial charge in [0.1, 0.15) is 0 Å². The average Bonchev–Trinajstić information content (AvgIpc) is 2.19. The van der Waals surface area contributed by atoms with Crippen molar-refractivity contribution in [3.8, 4) is 0 Å². The molecule has 0 radical (unpaired) electrons. The lowest BCUT2D eigenvalue weighted by Crippen LogP contribution is -1.86. The van der Waals surface area contributed by atoms with Crippen molar-refractivity contribution in [1.29, 1.82) is 0 Å². The van der Waals surface area contributed by atoms with Crippen molar-refractivity contribution in [3.05, 3.63) is 0 Å². The molecule has 0 heterocycles. The van der Waals surface area contributed by atoms with E-state index in [1.807, 2.05) is 0 Å². The van der Waals surface area contributed by atoms with Gasteiger partial charge < -0.3 is 15.3 Å². The van der Waals surface area contributed by atoms with Gasteiger partial charge in [-0.2, -0.15) is 0 Å². The third kappa shape index (κ3) is 78.7. The normalized spacial score (nSPS) is 6.94. The first-order valence-electron chi connectivity index (χ1n) is 4.47. The molecule has 16 heavy (non-hydrogen) atoms. The van der Waals surface area contributed by atoms with Gasteiger partial charge in [0.05, 0.1) is 0 Å². The number of halogens is 1. The second-order valence-electron chi connectivity index (χ2n) is 2.24. The average molecular weight is 259 g/mol. The summed E-state index contributed by atoms with van der Waals surface area (Å²) >= 11 is 0. The Morgan fingerprint density at radius 2 is 0.750 bits per heavy atom. The number of aliphatic carboxylic acids is 3. The zero-order valence-electron chi connectivity index (χ0n) is 9.60. The molecule has 0 saturated carbocycles. The Bertz CT molecular complexity index is 159. The van der Waals surface area contributed by atoms with Crippen LogP contribution in [0.5, 0.6) is 0 Å². The molecular formula is C9H19ClO6. The highest BCUT2D eigenvalue weighted by atomic mass is 35.5. The zero-order valence-corrected chi connectivity index (χ0v) is 10.4. The molecule has 0 atom stereocenters. The second kappa shape index (κ2) is 19.3. The highest BCUT2D eigenvalue weighted by molar-refractivity contribution is 5.85. The van der Waals surface area contributed by atoms with Gasteiger partial charge >= 0.3 is 17.9 Å². The van der Waals surface area contributed by atoms with Gasteiger partial charge in [-0.3, -0.25) is 14.4 Å². The molecule has 0 fully saturated rings. The summed E-state index contributed by atoms with van der Waals surface area (Å²) in [4.78, 5) is 28.1. The molecule has 0 aromatic heterocycles. The molecule has 0 spiro atoms. The SMILES string of the molecule is CCC(=O)O.CCC(=O)O.CCC(=O)O.Cl. The van der Waals surface area contributed by atoms with E-state index in [1.165, 1.54) is 0 Å². The second-order valence-corrected chi connectivity index (χ2v) is 2.24. The Morgan fingerprint density at radius 3 is 0.750 bits per heavy atom. The highest BCUT2D eigenvalue weighted by Gasteiger charge is 1.81. The van der Waals surface area contributed by atoms with E-state index in [0.29, 0.717) is 0 Å². The van der Waals surface area contributed by atoms with Gasteiger partial charge in [0.2, 0.25) is 0 Å². The molecule has 0 bridgehead atoms. The molecule has 0 aromatic carbocycles. The van der Waals surface area contributed by atoms with E-state index in [9.17, 15) is 14.4 Å². The van der Waals surface area contributed by atoms with Crippen molar-refractivity contribution in [2.75, 3.05) is 0 Å². The molecule has 7 heteroatoms. The topological polar surface area (TPSA) is 112 Å². The van der Waals surface area contributed by atoms with Crippen molar-refractivity contribution < 1.29 is 29.7 Å². The first-order valence-corrected chi connectivity index (χ1v) is 4.47. The van der Waals surface area contributed by atoms with E-state index >= 15 is 0 Å². The van der Waals surface area contributed by atoms with E-state index in [-0.39, 0.29) is 31.7 Å². The number of carboxylic acids is 3.